The standard InChI is InChI=1S/C15H24N2/c1-4-15(17-10-8-16-9-11-17)14-7-5-6-12(2)13(14)3/h5-7,15-16H,4,8-11H2,1-3H3/t15-/m0/s1. The quantitative estimate of drug-likeness (QED) is 0.862. The van der Waals surface area contributed by atoms with Gasteiger partial charge in [-0.15, -0.1) is 0 Å². The highest BCUT2D eigenvalue weighted by Gasteiger charge is 2.21. The number of rotatable bonds is 3. The Morgan fingerprint density at radius 2 is 1.94 bits per heavy atom. The minimum Gasteiger partial charge on any atom is -0.314 e. The van der Waals surface area contributed by atoms with Crippen LogP contribution in [0.15, 0.2) is 18.2 Å². The Hall–Kier alpha value is -0.860. The average molecular weight is 232 g/mol. The highest BCUT2D eigenvalue weighted by Crippen LogP contribution is 2.28. The van der Waals surface area contributed by atoms with E-state index in [2.05, 4.69) is 49.2 Å². The normalized spacial score (nSPS) is 19.2. The second kappa shape index (κ2) is 5.65. The van der Waals surface area contributed by atoms with Crippen LogP contribution in [0.25, 0.3) is 0 Å². The highest BCUT2D eigenvalue weighted by atomic mass is 15.2. The van der Waals surface area contributed by atoms with Gasteiger partial charge in [0.25, 0.3) is 0 Å². The molecule has 0 aromatic heterocycles. The maximum absolute atomic E-state index is 3.43. The van der Waals surface area contributed by atoms with Crippen LogP contribution in [-0.4, -0.2) is 31.1 Å². The Bertz CT molecular complexity index is 367. The van der Waals surface area contributed by atoms with Crippen molar-refractivity contribution in [2.45, 2.75) is 33.2 Å². The fourth-order valence-electron chi connectivity index (χ4n) is 2.80. The van der Waals surface area contributed by atoms with Crippen LogP contribution in [0, 0.1) is 13.8 Å². The molecule has 2 nitrogen and oxygen atoms in total. The fourth-order valence-corrected chi connectivity index (χ4v) is 2.80. The molecule has 0 unspecified atom stereocenters. The summed E-state index contributed by atoms with van der Waals surface area (Å²) in [6.45, 7) is 11.4. The maximum atomic E-state index is 3.43. The molecule has 1 aromatic rings. The summed E-state index contributed by atoms with van der Waals surface area (Å²) in [6.07, 6.45) is 1.20. The van der Waals surface area contributed by atoms with Gasteiger partial charge >= 0.3 is 0 Å². The van der Waals surface area contributed by atoms with E-state index < -0.39 is 0 Å². The lowest BCUT2D eigenvalue weighted by Gasteiger charge is -2.35. The van der Waals surface area contributed by atoms with Gasteiger partial charge in [0, 0.05) is 32.2 Å². The summed E-state index contributed by atoms with van der Waals surface area (Å²) in [5.41, 5.74) is 4.41. The number of hydrogen-bond acceptors (Lipinski definition) is 2. The van der Waals surface area contributed by atoms with E-state index >= 15 is 0 Å². The molecule has 1 aliphatic rings. The minimum atomic E-state index is 0.594. The minimum absolute atomic E-state index is 0.594. The van der Waals surface area contributed by atoms with E-state index in [1.807, 2.05) is 0 Å². The second-order valence-corrected chi connectivity index (χ2v) is 5.00. The number of hydrogen-bond donors (Lipinski definition) is 1. The van der Waals surface area contributed by atoms with Crippen LogP contribution in [-0.2, 0) is 0 Å². The van der Waals surface area contributed by atoms with Crippen molar-refractivity contribution in [3.8, 4) is 0 Å². The van der Waals surface area contributed by atoms with Crippen LogP contribution in [0.5, 0.6) is 0 Å². The number of benzene rings is 1. The molecule has 0 aliphatic carbocycles. The first-order valence-corrected chi connectivity index (χ1v) is 6.75. The topological polar surface area (TPSA) is 15.3 Å². The Morgan fingerprint density at radius 3 is 2.59 bits per heavy atom. The van der Waals surface area contributed by atoms with E-state index in [-0.39, 0.29) is 0 Å². The van der Waals surface area contributed by atoms with Crippen molar-refractivity contribution in [2.24, 2.45) is 0 Å². The summed E-state index contributed by atoms with van der Waals surface area (Å²) >= 11 is 0. The first kappa shape index (κ1) is 12.6. The molecular weight excluding hydrogens is 208 g/mol. The number of piperazine rings is 1. The van der Waals surface area contributed by atoms with Crippen LogP contribution < -0.4 is 5.32 Å². The van der Waals surface area contributed by atoms with E-state index in [1.165, 1.54) is 36.2 Å². The van der Waals surface area contributed by atoms with Crippen LogP contribution in [0.4, 0.5) is 0 Å². The molecule has 1 saturated heterocycles. The molecule has 0 spiro atoms. The van der Waals surface area contributed by atoms with E-state index in [0.29, 0.717) is 6.04 Å². The predicted octanol–water partition coefficient (Wildman–Crippen LogP) is 2.66. The van der Waals surface area contributed by atoms with Crippen molar-refractivity contribution in [3.63, 3.8) is 0 Å². The van der Waals surface area contributed by atoms with Gasteiger partial charge in [-0.25, -0.2) is 0 Å². The van der Waals surface area contributed by atoms with Gasteiger partial charge in [0.1, 0.15) is 0 Å². The first-order chi connectivity index (χ1) is 8.24. The lowest BCUT2D eigenvalue weighted by Crippen LogP contribution is -2.45. The van der Waals surface area contributed by atoms with Crippen molar-refractivity contribution in [1.82, 2.24) is 10.2 Å². The van der Waals surface area contributed by atoms with Crippen molar-refractivity contribution < 1.29 is 0 Å². The number of nitrogens with zero attached hydrogens (tertiary/aromatic N) is 1. The van der Waals surface area contributed by atoms with Gasteiger partial charge in [0.05, 0.1) is 0 Å². The van der Waals surface area contributed by atoms with E-state index in [0.717, 1.165) is 13.1 Å². The molecule has 2 heteroatoms. The Kier molecular flexibility index (Phi) is 4.19. The van der Waals surface area contributed by atoms with Crippen molar-refractivity contribution in [3.05, 3.63) is 34.9 Å². The molecule has 0 saturated carbocycles. The molecule has 0 radical (unpaired) electrons. The third kappa shape index (κ3) is 2.70. The van der Waals surface area contributed by atoms with Gasteiger partial charge in [0.15, 0.2) is 0 Å². The molecule has 0 bridgehead atoms. The first-order valence-electron chi connectivity index (χ1n) is 6.75. The van der Waals surface area contributed by atoms with Crippen molar-refractivity contribution >= 4 is 0 Å². The lowest BCUT2D eigenvalue weighted by atomic mass is 9.94. The Balaban J connectivity index is 2.24. The molecule has 1 fully saturated rings. The van der Waals surface area contributed by atoms with Crippen molar-refractivity contribution in [2.75, 3.05) is 26.2 Å². The molecule has 17 heavy (non-hydrogen) atoms. The van der Waals surface area contributed by atoms with Gasteiger partial charge in [-0.1, -0.05) is 25.1 Å². The summed E-state index contributed by atoms with van der Waals surface area (Å²) in [7, 11) is 0. The molecule has 1 aromatic carbocycles. The molecule has 94 valence electrons. The Labute approximate surface area is 105 Å². The summed E-state index contributed by atoms with van der Waals surface area (Å²) in [4.78, 5) is 2.62. The molecule has 0 amide bonds. The largest absolute Gasteiger partial charge is 0.314 e. The molecule has 1 atom stereocenters. The van der Waals surface area contributed by atoms with Gasteiger partial charge < -0.3 is 5.32 Å². The molecule has 1 N–H and O–H groups in total. The zero-order valence-corrected chi connectivity index (χ0v) is 11.3. The maximum Gasteiger partial charge on any atom is 0.0349 e. The monoisotopic (exact) mass is 232 g/mol. The molecule has 2 rings (SSSR count). The summed E-state index contributed by atoms with van der Waals surface area (Å²) < 4.78 is 0. The fraction of sp³-hybridized carbons (Fsp3) is 0.600. The van der Waals surface area contributed by atoms with Crippen LogP contribution in [0.1, 0.15) is 36.1 Å². The number of aryl methyl sites for hydroxylation is 1. The van der Waals surface area contributed by atoms with Crippen LogP contribution in [0.3, 0.4) is 0 Å². The molecular formula is C15H24N2. The second-order valence-electron chi connectivity index (χ2n) is 5.00. The van der Waals surface area contributed by atoms with Crippen LogP contribution >= 0.6 is 0 Å². The Morgan fingerprint density at radius 1 is 1.24 bits per heavy atom. The summed E-state index contributed by atoms with van der Waals surface area (Å²) in [5.74, 6) is 0. The summed E-state index contributed by atoms with van der Waals surface area (Å²) in [6, 6.07) is 7.31. The molecule has 1 aliphatic heterocycles. The average Bonchev–Trinajstić information content (AvgIpc) is 2.37. The zero-order chi connectivity index (χ0) is 12.3. The van der Waals surface area contributed by atoms with E-state index in [9.17, 15) is 0 Å². The van der Waals surface area contributed by atoms with Gasteiger partial charge in [-0.2, -0.15) is 0 Å². The lowest BCUT2D eigenvalue weighted by molar-refractivity contribution is 0.169. The highest BCUT2D eigenvalue weighted by molar-refractivity contribution is 5.35. The van der Waals surface area contributed by atoms with E-state index in [1.54, 1.807) is 0 Å². The third-order valence-corrected chi connectivity index (χ3v) is 3.98. The van der Waals surface area contributed by atoms with E-state index in [4.69, 9.17) is 0 Å². The van der Waals surface area contributed by atoms with Gasteiger partial charge in [-0.3, -0.25) is 4.90 Å². The molecule has 1 heterocycles. The number of nitrogens with one attached hydrogen (secondary N) is 1. The third-order valence-electron chi connectivity index (χ3n) is 3.98. The van der Waals surface area contributed by atoms with Crippen LogP contribution in [0.2, 0.25) is 0 Å². The van der Waals surface area contributed by atoms with Crippen molar-refractivity contribution in [1.29, 1.82) is 0 Å². The predicted molar refractivity (Wildman–Crippen MR) is 73.4 cm³/mol. The zero-order valence-electron chi connectivity index (χ0n) is 11.3. The van der Waals surface area contributed by atoms with Gasteiger partial charge in [0.2, 0.25) is 0 Å². The van der Waals surface area contributed by atoms with Gasteiger partial charge in [-0.05, 0) is 37.0 Å². The SMILES string of the molecule is CC[C@@H](c1cccc(C)c1C)N1CCNCC1. The smallest absolute Gasteiger partial charge is 0.0349 e. The summed E-state index contributed by atoms with van der Waals surface area (Å²) in [5, 5.41) is 3.43.